The molecule has 0 saturated heterocycles. The van der Waals surface area contributed by atoms with Crippen LogP contribution in [0.15, 0.2) is 18.2 Å². The number of methoxy groups -OCH3 is 1. The van der Waals surface area contributed by atoms with E-state index in [1.54, 1.807) is 25.3 Å². The number of aryl methyl sites for hydroxylation is 1. The van der Waals surface area contributed by atoms with Crippen LogP contribution in [0.5, 0.6) is 11.5 Å². The first-order valence-corrected chi connectivity index (χ1v) is 3.61. The summed E-state index contributed by atoms with van der Waals surface area (Å²) in [5, 5.41) is 0. The van der Waals surface area contributed by atoms with Crippen LogP contribution in [0.1, 0.15) is 5.56 Å². The van der Waals surface area contributed by atoms with Crippen LogP contribution in [0.2, 0.25) is 0 Å². The van der Waals surface area contributed by atoms with Crippen LogP contribution in [-0.4, -0.2) is 14.0 Å². The van der Waals surface area contributed by atoms with Gasteiger partial charge in [0.25, 0.3) is 0 Å². The monoisotopic (exact) mass is 170 g/mol. The quantitative estimate of drug-likeness (QED) is 0.693. The maximum absolute atomic E-state index is 11.7. The van der Waals surface area contributed by atoms with Crippen molar-refractivity contribution >= 4 is 0 Å². The molecule has 1 aromatic rings. The highest BCUT2D eigenvalue weighted by molar-refractivity contribution is 5.39. The molecule has 0 bridgehead atoms. The molecular formula is C9H11FO2. The zero-order valence-corrected chi connectivity index (χ0v) is 7.13. The smallest absolute Gasteiger partial charge is 0.228 e. The lowest BCUT2D eigenvalue weighted by Gasteiger charge is -2.06. The Balaban J connectivity index is 2.86. The van der Waals surface area contributed by atoms with Crippen LogP contribution in [0.3, 0.4) is 0 Å². The maximum Gasteiger partial charge on any atom is 0.228 e. The van der Waals surface area contributed by atoms with Gasteiger partial charge < -0.3 is 9.47 Å². The van der Waals surface area contributed by atoms with Crippen molar-refractivity contribution in [3.05, 3.63) is 23.8 Å². The molecule has 3 heteroatoms. The van der Waals surface area contributed by atoms with E-state index in [-0.39, 0.29) is 0 Å². The summed E-state index contributed by atoms with van der Waals surface area (Å²) in [5.74, 6) is 1.30. The summed E-state index contributed by atoms with van der Waals surface area (Å²) in [6.45, 7) is 1.08. The molecule has 0 atom stereocenters. The number of halogens is 1. The molecule has 12 heavy (non-hydrogen) atoms. The van der Waals surface area contributed by atoms with E-state index >= 15 is 0 Å². The van der Waals surface area contributed by atoms with Gasteiger partial charge in [0.2, 0.25) is 6.86 Å². The van der Waals surface area contributed by atoms with Crippen molar-refractivity contribution in [2.24, 2.45) is 0 Å². The lowest BCUT2D eigenvalue weighted by Crippen LogP contribution is -1.92. The first kappa shape index (κ1) is 8.84. The predicted molar refractivity (Wildman–Crippen MR) is 44.3 cm³/mol. The van der Waals surface area contributed by atoms with Crippen molar-refractivity contribution in [2.45, 2.75) is 6.92 Å². The Morgan fingerprint density at radius 2 is 2.17 bits per heavy atom. The van der Waals surface area contributed by atoms with E-state index in [4.69, 9.17) is 4.74 Å². The lowest BCUT2D eigenvalue weighted by atomic mass is 10.2. The van der Waals surface area contributed by atoms with Crippen molar-refractivity contribution in [3.63, 3.8) is 0 Å². The number of ether oxygens (including phenoxy) is 2. The van der Waals surface area contributed by atoms with Gasteiger partial charge in [0.1, 0.15) is 11.5 Å². The summed E-state index contributed by atoms with van der Waals surface area (Å²) in [6, 6.07) is 5.16. The fraction of sp³-hybridized carbons (Fsp3) is 0.333. The Bertz CT molecular complexity index is 261. The summed E-state index contributed by atoms with van der Waals surface area (Å²) in [7, 11) is 1.60. The Morgan fingerprint density at radius 3 is 2.67 bits per heavy atom. The van der Waals surface area contributed by atoms with Gasteiger partial charge >= 0.3 is 0 Å². The highest BCUT2D eigenvalue weighted by Gasteiger charge is 1.99. The Kier molecular flexibility index (Phi) is 2.91. The van der Waals surface area contributed by atoms with E-state index in [2.05, 4.69) is 4.74 Å². The number of alkyl halides is 1. The molecule has 0 N–H and O–H groups in total. The summed E-state index contributed by atoms with van der Waals surface area (Å²) in [4.78, 5) is 0. The summed E-state index contributed by atoms with van der Waals surface area (Å²) in [6.07, 6.45) is 0. The van der Waals surface area contributed by atoms with Crippen LogP contribution in [-0.2, 0) is 0 Å². The van der Waals surface area contributed by atoms with E-state index in [9.17, 15) is 4.39 Å². The van der Waals surface area contributed by atoms with E-state index in [1.165, 1.54) is 0 Å². The minimum absolute atomic E-state index is 0.524. The molecule has 0 saturated carbocycles. The molecule has 2 nitrogen and oxygen atoms in total. The molecule has 0 aliphatic rings. The van der Waals surface area contributed by atoms with Crippen LogP contribution in [0, 0.1) is 6.92 Å². The maximum atomic E-state index is 11.7. The van der Waals surface area contributed by atoms with Crippen LogP contribution >= 0.6 is 0 Å². The molecular weight excluding hydrogens is 159 g/mol. The lowest BCUT2D eigenvalue weighted by molar-refractivity contribution is 0.191. The molecule has 0 fully saturated rings. The third kappa shape index (κ3) is 1.87. The summed E-state index contributed by atoms with van der Waals surface area (Å²) in [5.41, 5.74) is 0.934. The highest BCUT2D eigenvalue weighted by atomic mass is 19.1. The first-order chi connectivity index (χ1) is 5.77. The van der Waals surface area contributed by atoms with Gasteiger partial charge in [0.05, 0.1) is 7.11 Å². The number of hydrogen-bond acceptors (Lipinski definition) is 2. The van der Waals surface area contributed by atoms with Gasteiger partial charge in [0.15, 0.2) is 0 Å². The minimum atomic E-state index is -0.800. The van der Waals surface area contributed by atoms with Gasteiger partial charge in [-0.05, 0) is 30.7 Å². The topological polar surface area (TPSA) is 18.5 Å². The molecule has 0 spiro atoms. The normalized spacial score (nSPS) is 9.58. The van der Waals surface area contributed by atoms with Gasteiger partial charge in [-0.15, -0.1) is 0 Å². The molecule has 0 unspecified atom stereocenters. The van der Waals surface area contributed by atoms with Gasteiger partial charge in [-0.2, -0.15) is 0 Å². The fourth-order valence-corrected chi connectivity index (χ4v) is 1.00. The van der Waals surface area contributed by atoms with E-state index in [0.717, 1.165) is 11.3 Å². The van der Waals surface area contributed by atoms with E-state index in [0.29, 0.717) is 5.75 Å². The summed E-state index contributed by atoms with van der Waals surface area (Å²) < 4.78 is 21.4. The molecule has 0 aromatic heterocycles. The highest BCUT2D eigenvalue weighted by Crippen LogP contribution is 2.22. The SMILES string of the molecule is COc1ccc(OCF)cc1C. The first-order valence-electron chi connectivity index (χ1n) is 3.61. The largest absolute Gasteiger partial charge is 0.496 e. The molecule has 0 radical (unpaired) electrons. The van der Waals surface area contributed by atoms with Gasteiger partial charge in [0, 0.05) is 0 Å². The zero-order valence-electron chi connectivity index (χ0n) is 7.13. The molecule has 0 amide bonds. The number of rotatable bonds is 3. The molecule has 66 valence electrons. The predicted octanol–water partition coefficient (Wildman–Crippen LogP) is 2.31. The summed E-state index contributed by atoms with van der Waals surface area (Å²) >= 11 is 0. The van der Waals surface area contributed by atoms with Crippen molar-refractivity contribution in [1.82, 2.24) is 0 Å². The van der Waals surface area contributed by atoms with Gasteiger partial charge in [-0.25, -0.2) is 4.39 Å². The Labute approximate surface area is 70.9 Å². The van der Waals surface area contributed by atoms with Crippen molar-refractivity contribution in [3.8, 4) is 11.5 Å². The average molecular weight is 170 g/mol. The van der Waals surface area contributed by atoms with E-state index in [1.807, 2.05) is 6.92 Å². The molecule has 1 aromatic carbocycles. The Hall–Kier alpha value is -1.25. The third-order valence-electron chi connectivity index (χ3n) is 1.59. The minimum Gasteiger partial charge on any atom is -0.496 e. The van der Waals surface area contributed by atoms with Crippen LogP contribution in [0.25, 0.3) is 0 Å². The average Bonchev–Trinajstić information content (AvgIpc) is 2.05. The van der Waals surface area contributed by atoms with Crippen LogP contribution in [0.4, 0.5) is 4.39 Å². The zero-order chi connectivity index (χ0) is 8.97. The standard InChI is InChI=1S/C9H11FO2/c1-7-5-8(12-6-10)3-4-9(7)11-2/h3-5H,6H2,1-2H3. The number of hydrogen-bond donors (Lipinski definition) is 0. The molecule has 0 aliphatic heterocycles. The second-order valence-corrected chi connectivity index (χ2v) is 2.38. The third-order valence-corrected chi connectivity index (χ3v) is 1.59. The van der Waals surface area contributed by atoms with Crippen LogP contribution < -0.4 is 9.47 Å². The fourth-order valence-electron chi connectivity index (χ4n) is 1.00. The van der Waals surface area contributed by atoms with Crippen molar-refractivity contribution in [1.29, 1.82) is 0 Å². The van der Waals surface area contributed by atoms with Crippen molar-refractivity contribution in [2.75, 3.05) is 14.0 Å². The second kappa shape index (κ2) is 3.95. The Morgan fingerprint density at radius 1 is 1.42 bits per heavy atom. The second-order valence-electron chi connectivity index (χ2n) is 2.38. The molecule has 0 heterocycles. The molecule has 0 aliphatic carbocycles. The van der Waals surface area contributed by atoms with Gasteiger partial charge in [-0.3, -0.25) is 0 Å². The van der Waals surface area contributed by atoms with Gasteiger partial charge in [-0.1, -0.05) is 0 Å². The number of benzene rings is 1. The van der Waals surface area contributed by atoms with Crippen molar-refractivity contribution < 1.29 is 13.9 Å². The molecule has 1 rings (SSSR count). The van der Waals surface area contributed by atoms with E-state index < -0.39 is 6.86 Å².